The van der Waals surface area contributed by atoms with Crippen molar-refractivity contribution in [2.45, 2.75) is 19.1 Å². The maximum Gasteiger partial charge on any atom is 0.157 e. The fourth-order valence-electron chi connectivity index (χ4n) is 1.76. The van der Waals surface area contributed by atoms with E-state index in [4.69, 9.17) is 21.1 Å². The maximum atomic E-state index is 6.07. The van der Waals surface area contributed by atoms with Gasteiger partial charge in [0.25, 0.3) is 0 Å². The molecule has 2 aromatic heterocycles. The zero-order chi connectivity index (χ0) is 11.7. The van der Waals surface area contributed by atoms with E-state index in [1.165, 1.54) is 0 Å². The van der Waals surface area contributed by atoms with Crippen LogP contribution in [0.1, 0.15) is 12.2 Å². The van der Waals surface area contributed by atoms with Crippen LogP contribution in [0.15, 0.2) is 11.4 Å². The molecule has 6 heteroatoms. The minimum atomic E-state index is 0.163. The highest BCUT2D eigenvalue weighted by Crippen LogP contribution is 2.25. The second kappa shape index (κ2) is 4.86. The van der Waals surface area contributed by atoms with Crippen molar-refractivity contribution in [2.75, 3.05) is 13.2 Å². The highest BCUT2D eigenvalue weighted by molar-refractivity contribution is 7.16. The van der Waals surface area contributed by atoms with E-state index in [1.54, 1.807) is 11.3 Å². The van der Waals surface area contributed by atoms with Gasteiger partial charge < -0.3 is 9.47 Å². The van der Waals surface area contributed by atoms with E-state index in [2.05, 4.69) is 9.97 Å². The average Bonchev–Trinajstić information content (AvgIpc) is 2.97. The number of fused-ring (bicyclic) bond motifs is 1. The zero-order valence-electron chi connectivity index (χ0n) is 9.06. The van der Waals surface area contributed by atoms with E-state index in [0.717, 1.165) is 23.2 Å². The van der Waals surface area contributed by atoms with Gasteiger partial charge in [-0.1, -0.05) is 11.6 Å². The first kappa shape index (κ1) is 11.3. The molecule has 3 heterocycles. The van der Waals surface area contributed by atoms with Crippen LogP contribution in [0.3, 0.4) is 0 Å². The van der Waals surface area contributed by atoms with Gasteiger partial charge in [-0.05, 0) is 17.9 Å². The molecule has 1 saturated heterocycles. The van der Waals surface area contributed by atoms with E-state index in [-0.39, 0.29) is 6.10 Å². The number of nitrogens with zero attached hydrogens (tertiary/aromatic N) is 2. The third-order valence-electron chi connectivity index (χ3n) is 2.66. The topological polar surface area (TPSA) is 44.2 Å². The molecule has 90 valence electrons. The van der Waals surface area contributed by atoms with Gasteiger partial charge in [0.1, 0.15) is 16.6 Å². The molecular weight excluding hydrogens is 260 g/mol. The molecule has 1 fully saturated rings. The number of rotatable bonds is 3. The number of hydrogen-bond donors (Lipinski definition) is 0. The first-order valence-corrected chi connectivity index (χ1v) is 6.67. The number of aromatic nitrogens is 2. The van der Waals surface area contributed by atoms with Crippen molar-refractivity contribution >= 4 is 33.2 Å². The molecule has 3 rings (SSSR count). The van der Waals surface area contributed by atoms with Crippen LogP contribution in [-0.4, -0.2) is 29.3 Å². The Balaban J connectivity index is 1.75. The molecule has 1 aliphatic heterocycles. The fourth-order valence-corrected chi connectivity index (χ4v) is 2.85. The van der Waals surface area contributed by atoms with Crippen molar-refractivity contribution in [1.29, 1.82) is 0 Å². The molecule has 1 atom stereocenters. The summed E-state index contributed by atoms with van der Waals surface area (Å²) in [4.78, 5) is 9.55. The zero-order valence-corrected chi connectivity index (χ0v) is 10.6. The van der Waals surface area contributed by atoms with Gasteiger partial charge in [-0.3, -0.25) is 0 Å². The highest BCUT2D eigenvalue weighted by atomic mass is 35.5. The lowest BCUT2D eigenvalue weighted by Crippen LogP contribution is -2.13. The molecule has 4 nitrogen and oxygen atoms in total. The molecule has 0 bridgehead atoms. The van der Waals surface area contributed by atoms with E-state index in [1.807, 2.05) is 11.4 Å². The SMILES string of the molecule is Clc1nc(COC2CCOC2)nc2sccc12. The lowest BCUT2D eigenvalue weighted by Gasteiger charge is -2.08. The molecule has 0 N–H and O–H groups in total. The van der Waals surface area contributed by atoms with Crippen molar-refractivity contribution in [3.8, 4) is 0 Å². The summed E-state index contributed by atoms with van der Waals surface area (Å²) < 4.78 is 10.9. The summed E-state index contributed by atoms with van der Waals surface area (Å²) in [7, 11) is 0. The van der Waals surface area contributed by atoms with Gasteiger partial charge in [-0.2, -0.15) is 0 Å². The van der Waals surface area contributed by atoms with Crippen LogP contribution in [0.2, 0.25) is 5.15 Å². The highest BCUT2D eigenvalue weighted by Gasteiger charge is 2.17. The predicted molar refractivity (Wildman–Crippen MR) is 66.4 cm³/mol. The van der Waals surface area contributed by atoms with Crippen LogP contribution in [0.25, 0.3) is 10.2 Å². The van der Waals surface area contributed by atoms with Crippen molar-refractivity contribution in [1.82, 2.24) is 9.97 Å². The lowest BCUT2D eigenvalue weighted by atomic mass is 10.3. The van der Waals surface area contributed by atoms with Gasteiger partial charge >= 0.3 is 0 Å². The Bertz CT molecular complexity index is 525. The Morgan fingerprint density at radius 2 is 2.47 bits per heavy atom. The Kier molecular flexibility index (Phi) is 3.24. The average molecular weight is 271 g/mol. The summed E-state index contributed by atoms with van der Waals surface area (Å²) in [6.45, 7) is 1.83. The monoisotopic (exact) mass is 270 g/mol. The quantitative estimate of drug-likeness (QED) is 0.805. The Morgan fingerprint density at radius 3 is 3.29 bits per heavy atom. The molecule has 0 radical (unpaired) electrons. The molecule has 0 amide bonds. The van der Waals surface area contributed by atoms with Crippen molar-refractivity contribution < 1.29 is 9.47 Å². The smallest absolute Gasteiger partial charge is 0.157 e. The molecule has 0 aromatic carbocycles. The van der Waals surface area contributed by atoms with Gasteiger partial charge in [-0.25, -0.2) is 9.97 Å². The van der Waals surface area contributed by atoms with Crippen LogP contribution in [0.5, 0.6) is 0 Å². The first-order chi connectivity index (χ1) is 8.33. The van der Waals surface area contributed by atoms with Crippen molar-refractivity contribution in [3.05, 3.63) is 22.4 Å². The van der Waals surface area contributed by atoms with E-state index >= 15 is 0 Å². The maximum absolute atomic E-state index is 6.07. The van der Waals surface area contributed by atoms with E-state index in [9.17, 15) is 0 Å². The van der Waals surface area contributed by atoms with Gasteiger partial charge in [-0.15, -0.1) is 11.3 Å². The fraction of sp³-hybridized carbons (Fsp3) is 0.455. The second-order valence-electron chi connectivity index (χ2n) is 3.87. The van der Waals surface area contributed by atoms with Crippen LogP contribution in [0, 0.1) is 0 Å². The van der Waals surface area contributed by atoms with Gasteiger partial charge in [0.15, 0.2) is 5.82 Å². The van der Waals surface area contributed by atoms with E-state index < -0.39 is 0 Å². The molecular formula is C11H11ClN2O2S. The summed E-state index contributed by atoms with van der Waals surface area (Å²) >= 11 is 7.63. The normalized spacial score (nSPS) is 20.2. The summed E-state index contributed by atoms with van der Waals surface area (Å²) in [5.74, 6) is 0.636. The molecule has 0 aliphatic carbocycles. The van der Waals surface area contributed by atoms with Crippen molar-refractivity contribution in [2.24, 2.45) is 0 Å². The molecule has 0 saturated carbocycles. The van der Waals surface area contributed by atoms with Crippen molar-refractivity contribution in [3.63, 3.8) is 0 Å². The van der Waals surface area contributed by atoms with Crippen LogP contribution in [0.4, 0.5) is 0 Å². The summed E-state index contributed by atoms with van der Waals surface area (Å²) in [5, 5.41) is 3.36. The second-order valence-corrected chi connectivity index (χ2v) is 5.12. The summed E-state index contributed by atoms with van der Waals surface area (Å²) in [6.07, 6.45) is 1.10. The van der Waals surface area contributed by atoms with E-state index in [0.29, 0.717) is 24.2 Å². The Labute approximate surface area is 108 Å². The van der Waals surface area contributed by atoms with Gasteiger partial charge in [0.05, 0.1) is 12.7 Å². The van der Waals surface area contributed by atoms with Crippen LogP contribution >= 0.6 is 22.9 Å². The number of halogens is 1. The first-order valence-electron chi connectivity index (χ1n) is 5.42. The minimum Gasteiger partial charge on any atom is -0.379 e. The third-order valence-corrected chi connectivity index (χ3v) is 3.76. The molecule has 17 heavy (non-hydrogen) atoms. The third kappa shape index (κ3) is 2.42. The number of ether oxygens (including phenoxy) is 2. The number of thiophene rings is 1. The Hall–Kier alpha value is -0.750. The largest absolute Gasteiger partial charge is 0.379 e. The van der Waals surface area contributed by atoms with Gasteiger partial charge in [0, 0.05) is 12.0 Å². The minimum absolute atomic E-state index is 0.163. The standard InChI is InChI=1S/C11H11ClN2O2S/c12-10-8-2-4-17-11(8)14-9(13-10)6-16-7-1-3-15-5-7/h2,4,7H,1,3,5-6H2. The molecule has 0 spiro atoms. The molecule has 1 unspecified atom stereocenters. The summed E-state index contributed by atoms with van der Waals surface area (Å²) in [5.41, 5.74) is 0. The van der Waals surface area contributed by atoms with Gasteiger partial charge in [0.2, 0.25) is 0 Å². The molecule has 1 aliphatic rings. The van der Waals surface area contributed by atoms with Crippen LogP contribution in [-0.2, 0) is 16.1 Å². The Morgan fingerprint density at radius 1 is 1.53 bits per heavy atom. The lowest BCUT2D eigenvalue weighted by molar-refractivity contribution is 0.0285. The molecule has 2 aromatic rings. The summed E-state index contributed by atoms with van der Waals surface area (Å²) in [6, 6.07) is 1.93. The van der Waals surface area contributed by atoms with Crippen LogP contribution < -0.4 is 0 Å². The predicted octanol–water partition coefficient (Wildman–Crippen LogP) is 2.65. The number of hydrogen-bond acceptors (Lipinski definition) is 5.